The number of nitrogens with zero attached hydrogens (tertiary/aromatic N) is 4. The van der Waals surface area contributed by atoms with Crippen LogP contribution in [0, 0.1) is 11.3 Å². The van der Waals surface area contributed by atoms with Crippen LogP contribution in [-0.2, 0) is 11.2 Å². The molecule has 0 saturated heterocycles. The Morgan fingerprint density at radius 3 is 2.28 bits per heavy atom. The van der Waals surface area contributed by atoms with E-state index < -0.39 is 5.92 Å². The first-order valence-electron chi connectivity index (χ1n) is 9.90. The Morgan fingerprint density at radius 2 is 1.66 bits per heavy atom. The fraction of sp³-hybridized carbons (Fsp3) is 0.304. The highest BCUT2D eigenvalue weighted by molar-refractivity contribution is 5.88. The number of fused-ring (bicyclic) bond motifs is 1. The zero-order chi connectivity index (χ0) is 20.6. The second-order valence-electron chi connectivity index (χ2n) is 6.68. The lowest BCUT2D eigenvalue weighted by atomic mass is 10.0. The number of aromatic nitrogens is 2. The molecule has 6 heteroatoms. The number of anilines is 1. The molecule has 0 aliphatic carbocycles. The number of carbonyl (C=O) groups is 1. The van der Waals surface area contributed by atoms with Gasteiger partial charge in [0.1, 0.15) is 5.69 Å². The van der Waals surface area contributed by atoms with Crippen molar-refractivity contribution in [2.24, 2.45) is 0 Å². The van der Waals surface area contributed by atoms with E-state index in [-0.39, 0.29) is 5.91 Å². The summed E-state index contributed by atoms with van der Waals surface area (Å²) in [7, 11) is 0. The summed E-state index contributed by atoms with van der Waals surface area (Å²) in [5, 5.41) is 12.7. The molecule has 1 aromatic heterocycles. The van der Waals surface area contributed by atoms with Gasteiger partial charge in [0.2, 0.25) is 5.91 Å². The quantitative estimate of drug-likeness (QED) is 0.640. The van der Waals surface area contributed by atoms with Gasteiger partial charge in [-0.3, -0.25) is 4.79 Å². The van der Waals surface area contributed by atoms with Crippen molar-refractivity contribution < 1.29 is 4.79 Å². The van der Waals surface area contributed by atoms with Crippen molar-refractivity contribution in [3.05, 3.63) is 65.9 Å². The Bertz CT molecular complexity index is 1010. The van der Waals surface area contributed by atoms with Crippen LogP contribution in [0.5, 0.6) is 0 Å². The summed E-state index contributed by atoms with van der Waals surface area (Å²) in [6.45, 7) is 5.92. The van der Waals surface area contributed by atoms with Crippen molar-refractivity contribution in [2.45, 2.75) is 26.2 Å². The number of benzene rings is 2. The minimum atomic E-state index is -1.02. The highest BCUT2D eigenvalue weighted by Crippen LogP contribution is 2.27. The third kappa shape index (κ3) is 4.69. The molecular formula is C23H25N5O. The Kier molecular flexibility index (Phi) is 6.75. The summed E-state index contributed by atoms with van der Waals surface area (Å²) in [6, 6.07) is 19.6. The summed E-state index contributed by atoms with van der Waals surface area (Å²) in [5.41, 5.74) is 2.97. The largest absolute Gasteiger partial charge is 0.356 e. The van der Waals surface area contributed by atoms with Crippen LogP contribution in [0.3, 0.4) is 0 Å². The number of hydrogen-bond donors (Lipinski definition) is 1. The van der Waals surface area contributed by atoms with Gasteiger partial charge in [0.15, 0.2) is 11.7 Å². The predicted molar refractivity (Wildman–Crippen MR) is 115 cm³/mol. The van der Waals surface area contributed by atoms with Crippen LogP contribution in [-0.4, -0.2) is 35.5 Å². The summed E-state index contributed by atoms with van der Waals surface area (Å²) < 4.78 is 0. The summed E-state index contributed by atoms with van der Waals surface area (Å²) in [6.07, 6.45) is 0.705. The lowest BCUT2D eigenvalue weighted by molar-refractivity contribution is -0.121. The van der Waals surface area contributed by atoms with Crippen molar-refractivity contribution >= 4 is 22.8 Å². The number of rotatable bonds is 8. The van der Waals surface area contributed by atoms with Crippen molar-refractivity contribution in [2.75, 3.05) is 24.5 Å². The van der Waals surface area contributed by atoms with Gasteiger partial charge in [0.05, 0.1) is 17.1 Å². The van der Waals surface area contributed by atoms with E-state index in [0.717, 1.165) is 11.1 Å². The Labute approximate surface area is 171 Å². The maximum absolute atomic E-state index is 12.8. The maximum Gasteiger partial charge on any atom is 0.243 e. The number of nitriles is 1. The molecule has 1 N–H and O–H groups in total. The fourth-order valence-electron chi connectivity index (χ4n) is 3.27. The van der Waals surface area contributed by atoms with E-state index in [4.69, 9.17) is 4.98 Å². The van der Waals surface area contributed by atoms with Crippen LogP contribution in [0.1, 0.15) is 31.0 Å². The van der Waals surface area contributed by atoms with Gasteiger partial charge in [-0.15, -0.1) is 0 Å². The van der Waals surface area contributed by atoms with Crippen LogP contribution < -0.4 is 10.2 Å². The molecule has 0 spiro atoms. The first-order valence-corrected chi connectivity index (χ1v) is 9.90. The molecule has 29 heavy (non-hydrogen) atoms. The SMILES string of the molecule is CCN(CC)c1nc2ccccc2nc1[C@H](C#N)C(=O)NCCc1ccccc1. The van der Waals surface area contributed by atoms with E-state index in [1.165, 1.54) is 0 Å². The molecule has 1 heterocycles. The third-order valence-corrected chi connectivity index (χ3v) is 4.86. The first-order chi connectivity index (χ1) is 14.2. The lowest BCUT2D eigenvalue weighted by Gasteiger charge is -2.24. The Morgan fingerprint density at radius 1 is 1.03 bits per heavy atom. The molecule has 0 fully saturated rings. The number of carbonyl (C=O) groups excluding carboxylic acids is 1. The lowest BCUT2D eigenvalue weighted by Crippen LogP contribution is -2.33. The zero-order valence-corrected chi connectivity index (χ0v) is 16.8. The molecule has 148 valence electrons. The molecule has 0 saturated carbocycles. The van der Waals surface area contributed by atoms with E-state index in [1.807, 2.05) is 73.3 Å². The van der Waals surface area contributed by atoms with Crippen LogP contribution in [0.2, 0.25) is 0 Å². The maximum atomic E-state index is 12.8. The van der Waals surface area contributed by atoms with Gasteiger partial charge < -0.3 is 10.2 Å². The predicted octanol–water partition coefficient (Wildman–Crippen LogP) is 3.44. The Balaban J connectivity index is 1.87. The molecule has 6 nitrogen and oxygen atoms in total. The van der Waals surface area contributed by atoms with Gasteiger partial charge >= 0.3 is 0 Å². The van der Waals surface area contributed by atoms with Gasteiger partial charge in [0, 0.05) is 19.6 Å². The molecule has 0 aliphatic heterocycles. The van der Waals surface area contributed by atoms with Gasteiger partial charge in [0.25, 0.3) is 0 Å². The van der Waals surface area contributed by atoms with Crippen LogP contribution >= 0.6 is 0 Å². The van der Waals surface area contributed by atoms with E-state index in [1.54, 1.807) is 0 Å². The highest BCUT2D eigenvalue weighted by Gasteiger charge is 2.28. The van der Waals surface area contributed by atoms with Gasteiger partial charge in [-0.2, -0.15) is 5.26 Å². The standard InChI is InChI=1S/C23H25N5O/c1-3-28(4-2)22-21(26-19-12-8-9-13-20(19)27-22)18(16-24)23(29)25-15-14-17-10-6-5-7-11-17/h5-13,18H,3-4,14-15H2,1-2H3,(H,25,29)/t18-/m0/s1. The number of hydrogen-bond acceptors (Lipinski definition) is 5. The van der Waals surface area contributed by atoms with E-state index in [9.17, 15) is 10.1 Å². The summed E-state index contributed by atoms with van der Waals surface area (Å²) in [4.78, 5) is 24.2. The molecule has 3 aromatic rings. The summed E-state index contributed by atoms with van der Waals surface area (Å²) >= 11 is 0. The number of amides is 1. The minimum Gasteiger partial charge on any atom is -0.356 e. The smallest absolute Gasteiger partial charge is 0.243 e. The van der Waals surface area contributed by atoms with E-state index in [0.29, 0.717) is 43.1 Å². The van der Waals surface area contributed by atoms with Crippen molar-refractivity contribution in [1.82, 2.24) is 15.3 Å². The second kappa shape index (κ2) is 9.65. The average molecular weight is 387 g/mol. The van der Waals surface area contributed by atoms with Crippen LogP contribution in [0.4, 0.5) is 5.82 Å². The van der Waals surface area contributed by atoms with Crippen molar-refractivity contribution in [1.29, 1.82) is 5.26 Å². The van der Waals surface area contributed by atoms with Crippen LogP contribution in [0.25, 0.3) is 11.0 Å². The van der Waals surface area contributed by atoms with Crippen LogP contribution in [0.15, 0.2) is 54.6 Å². The monoisotopic (exact) mass is 387 g/mol. The molecule has 0 bridgehead atoms. The number of para-hydroxylation sites is 2. The second-order valence-corrected chi connectivity index (χ2v) is 6.68. The third-order valence-electron chi connectivity index (χ3n) is 4.86. The minimum absolute atomic E-state index is 0.346. The molecule has 0 radical (unpaired) electrons. The molecule has 3 rings (SSSR count). The van der Waals surface area contributed by atoms with E-state index >= 15 is 0 Å². The molecular weight excluding hydrogens is 362 g/mol. The molecule has 1 amide bonds. The van der Waals surface area contributed by atoms with Gasteiger partial charge in [-0.25, -0.2) is 9.97 Å². The average Bonchev–Trinajstić information content (AvgIpc) is 2.76. The van der Waals surface area contributed by atoms with Gasteiger partial charge in [-0.1, -0.05) is 42.5 Å². The first kappa shape index (κ1) is 20.3. The van der Waals surface area contributed by atoms with Crippen molar-refractivity contribution in [3.63, 3.8) is 0 Å². The van der Waals surface area contributed by atoms with E-state index in [2.05, 4.69) is 16.4 Å². The summed E-state index contributed by atoms with van der Waals surface area (Å²) in [5.74, 6) is -0.765. The van der Waals surface area contributed by atoms with Crippen molar-refractivity contribution in [3.8, 4) is 6.07 Å². The highest BCUT2D eigenvalue weighted by atomic mass is 16.1. The topological polar surface area (TPSA) is 81.9 Å². The molecule has 1 atom stereocenters. The molecule has 2 aromatic carbocycles. The molecule has 0 aliphatic rings. The zero-order valence-electron chi connectivity index (χ0n) is 16.8. The molecule has 0 unspecified atom stereocenters. The normalized spacial score (nSPS) is 11.6. The Hall–Kier alpha value is -3.46. The van der Waals surface area contributed by atoms with Gasteiger partial charge in [-0.05, 0) is 38.0 Å². The number of nitrogens with one attached hydrogen (secondary N) is 1. The fourth-order valence-corrected chi connectivity index (χ4v) is 3.27.